The van der Waals surface area contributed by atoms with Crippen LogP contribution in [0.15, 0.2) is 78.0 Å². The van der Waals surface area contributed by atoms with Crippen LogP contribution in [0.3, 0.4) is 0 Å². The first-order valence-corrected chi connectivity index (χ1v) is 14.8. The number of aliphatic imine (C=N–C) groups is 1. The first kappa shape index (κ1) is 31.0. The van der Waals surface area contributed by atoms with E-state index in [1.807, 2.05) is 42.5 Å². The van der Waals surface area contributed by atoms with E-state index in [2.05, 4.69) is 39.0 Å². The third kappa shape index (κ3) is 7.37. The van der Waals surface area contributed by atoms with E-state index in [0.29, 0.717) is 29.0 Å². The average molecular weight is 641 g/mol. The van der Waals surface area contributed by atoms with Gasteiger partial charge in [-0.05, 0) is 59.6 Å². The molecule has 1 aromatic heterocycles. The zero-order chi connectivity index (χ0) is 31.4. The summed E-state index contributed by atoms with van der Waals surface area (Å²) in [7, 11) is 1.58. The van der Waals surface area contributed by atoms with Crippen molar-refractivity contribution in [1.29, 1.82) is 0 Å². The van der Waals surface area contributed by atoms with Crippen molar-refractivity contribution in [3.63, 3.8) is 0 Å². The van der Waals surface area contributed by atoms with Crippen molar-refractivity contribution in [2.24, 2.45) is 4.99 Å². The molecule has 4 aromatic rings. The maximum atomic E-state index is 12.9. The Kier molecular flexibility index (Phi) is 9.20. The lowest BCUT2D eigenvalue weighted by Crippen LogP contribution is -2.32. The molecule has 0 unspecified atom stereocenters. The number of amides is 1. The quantitative estimate of drug-likeness (QED) is 0.219. The molecular formula is C30H27F3N6O3S2. The van der Waals surface area contributed by atoms with Gasteiger partial charge in [0, 0.05) is 18.2 Å². The summed E-state index contributed by atoms with van der Waals surface area (Å²) in [6.45, 7) is 4.53. The van der Waals surface area contributed by atoms with E-state index < -0.39 is 6.36 Å². The molecule has 44 heavy (non-hydrogen) atoms. The molecule has 2 heterocycles. The first-order chi connectivity index (χ1) is 21.0. The summed E-state index contributed by atoms with van der Waals surface area (Å²) in [6.07, 6.45) is -3.28. The molecule has 0 saturated carbocycles. The highest BCUT2D eigenvalue weighted by Crippen LogP contribution is 2.36. The summed E-state index contributed by atoms with van der Waals surface area (Å²) in [5, 5.41) is 8.31. The lowest BCUT2D eigenvalue weighted by molar-refractivity contribution is -0.274. The number of carbonyl (C=O) groups excluding carboxylic acids is 1. The van der Waals surface area contributed by atoms with Crippen LogP contribution in [-0.2, 0) is 11.3 Å². The summed E-state index contributed by atoms with van der Waals surface area (Å²) in [5.74, 6) is 1.14. The number of nitrogens with one attached hydrogen (secondary N) is 1. The van der Waals surface area contributed by atoms with Gasteiger partial charge in [-0.1, -0.05) is 55.9 Å². The first-order valence-electron chi connectivity index (χ1n) is 13.4. The SMILES string of the molecule is COc1ccc(C(C)C)c(N2C(=O)CSC2=NC(=S)NCc2ccc(-c3ncn(-c4ccc(OC(F)(F)F)cc4)n3)cc2)c1. The highest BCUT2D eigenvalue weighted by atomic mass is 32.2. The molecular weight excluding hydrogens is 613 g/mol. The van der Waals surface area contributed by atoms with Gasteiger partial charge in [0.2, 0.25) is 5.91 Å². The van der Waals surface area contributed by atoms with Crippen LogP contribution in [0.5, 0.6) is 11.5 Å². The Bertz CT molecular complexity index is 1690. The van der Waals surface area contributed by atoms with Crippen LogP contribution in [0, 0.1) is 0 Å². The van der Waals surface area contributed by atoms with Crippen molar-refractivity contribution in [2.75, 3.05) is 17.8 Å². The van der Waals surface area contributed by atoms with Gasteiger partial charge in [0.05, 0.1) is 24.2 Å². The molecule has 0 radical (unpaired) electrons. The molecule has 228 valence electrons. The highest BCUT2D eigenvalue weighted by molar-refractivity contribution is 8.15. The number of hydrogen-bond donors (Lipinski definition) is 1. The van der Waals surface area contributed by atoms with Crippen molar-refractivity contribution < 1.29 is 27.4 Å². The van der Waals surface area contributed by atoms with Crippen molar-refractivity contribution >= 4 is 45.9 Å². The fourth-order valence-corrected chi connectivity index (χ4v) is 5.49. The fraction of sp³-hybridized carbons (Fsp3) is 0.233. The van der Waals surface area contributed by atoms with Crippen LogP contribution < -0.4 is 19.7 Å². The third-order valence-corrected chi connectivity index (χ3v) is 7.70. The van der Waals surface area contributed by atoms with Gasteiger partial charge in [0.1, 0.15) is 17.8 Å². The number of methoxy groups -OCH3 is 1. The monoisotopic (exact) mass is 640 g/mol. The van der Waals surface area contributed by atoms with Gasteiger partial charge in [-0.3, -0.25) is 9.69 Å². The van der Waals surface area contributed by atoms with Crippen LogP contribution in [-0.4, -0.2) is 50.2 Å². The Labute approximate surface area is 261 Å². The molecule has 1 fully saturated rings. The smallest absolute Gasteiger partial charge is 0.497 e. The number of thioether (sulfide) groups is 1. The van der Waals surface area contributed by atoms with Crippen molar-refractivity contribution in [1.82, 2.24) is 20.1 Å². The van der Waals surface area contributed by atoms with Gasteiger partial charge in [0.25, 0.3) is 0 Å². The molecule has 1 saturated heterocycles. The summed E-state index contributed by atoms with van der Waals surface area (Å²) < 4.78 is 48.0. The fourth-order valence-electron chi connectivity index (χ4n) is 4.41. The van der Waals surface area contributed by atoms with Crippen molar-refractivity contribution in [2.45, 2.75) is 32.7 Å². The summed E-state index contributed by atoms with van der Waals surface area (Å²) >= 11 is 6.82. The molecule has 1 N–H and O–H groups in total. The predicted molar refractivity (Wildman–Crippen MR) is 167 cm³/mol. The molecule has 3 aromatic carbocycles. The summed E-state index contributed by atoms with van der Waals surface area (Å²) in [6, 6.07) is 18.5. The number of alkyl halides is 3. The number of rotatable bonds is 8. The van der Waals surface area contributed by atoms with E-state index in [0.717, 1.165) is 22.4 Å². The van der Waals surface area contributed by atoms with Gasteiger partial charge in [-0.2, -0.15) is 4.99 Å². The Morgan fingerprint density at radius 1 is 1.09 bits per heavy atom. The Hall–Kier alpha value is -4.43. The standard InChI is InChI=1S/C30H27F3N6O3S2/c1-18(2)24-13-12-23(41-3)14-25(24)39-26(40)16-44-29(39)36-28(43)34-15-19-4-6-20(7-5-19)27-35-17-38(37-27)21-8-10-22(11-9-21)42-30(31,32)33/h4-14,17-18H,15-16H2,1-3H3,(H,34,43). The molecule has 1 aliphatic rings. The van der Waals surface area contributed by atoms with E-state index in [4.69, 9.17) is 17.0 Å². The van der Waals surface area contributed by atoms with Crippen LogP contribution in [0.25, 0.3) is 17.1 Å². The van der Waals surface area contributed by atoms with Gasteiger partial charge in [0.15, 0.2) is 16.1 Å². The number of halogens is 3. The number of nitrogens with zero attached hydrogens (tertiary/aromatic N) is 5. The molecule has 9 nitrogen and oxygen atoms in total. The van der Waals surface area contributed by atoms with Crippen molar-refractivity contribution in [3.8, 4) is 28.6 Å². The minimum atomic E-state index is -4.76. The van der Waals surface area contributed by atoms with Gasteiger partial charge in [-0.15, -0.1) is 18.3 Å². The van der Waals surface area contributed by atoms with E-state index in [1.54, 1.807) is 12.0 Å². The summed E-state index contributed by atoms with van der Waals surface area (Å²) in [5.41, 5.74) is 3.94. The number of carbonyl (C=O) groups is 1. The van der Waals surface area contributed by atoms with Gasteiger partial charge >= 0.3 is 6.36 Å². The zero-order valence-corrected chi connectivity index (χ0v) is 25.5. The van der Waals surface area contributed by atoms with E-state index in [1.165, 1.54) is 47.0 Å². The highest BCUT2D eigenvalue weighted by Gasteiger charge is 2.33. The zero-order valence-electron chi connectivity index (χ0n) is 23.8. The lowest BCUT2D eigenvalue weighted by atomic mass is 10.00. The molecule has 0 bridgehead atoms. The Balaban J connectivity index is 1.23. The number of benzene rings is 3. The largest absolute Gasteiger partial charge is 0.573 e. The number of hydrogen-bond acceptors (Lipinski definition) is 7. The Morgan fingerprint density at radius 2 is 1.80 bits per heavy atom. The molecule has 0 spiro atoms. The second kappa shape index (κ2) is 13.1. The lowest BCUT2D eigenvalue weighted by Gasteiger charge is -2.22. The van der Waals surface area contributed by atoms with Crippen LogP contribution in [0.4, 0.5) is 18.9 Å². The van der Waals surface area contributed by atoms with E-state index in [-0.39, 0.29) is 28.4 Å². The summed E-state index contributed by atoms with van der Waals surface area (Å²) in [4.78, 5) is 23.3. The molecule has 1 amide bonds. The number of ether oxygens (including phenoxy) is 2. The minimum Gasteiger partial charge on any atom is -0.497 e. The maximum absolute atomic E-state index is 12.9. The predicted octanol–water partition coefficient (Wildman–Crippen LogP) is 6.48. The van der Waals surface area contributed by atoms with E-state index in [9.17, 15) is 18.0 Å². The van der Waals surface area contributed by atoms with E-state index >= 15 is 0 Å². The number of aromatic nitrogens is 3. The topological polar surface area (TPSA) is 93.9 Å². The normalized spacial score (nSPS) is 14.4. The van der Waals surface area contributed by atoms with Crippen molar-refractivity contribution in [3.05, 3.63) is 84.2 Å². The van der Waals surface area contributed by atoms with Crippen LogP contribution in [0.2, 0.25) is 0 Å². The second-order valence-electron chi connectivity index (χ2n) is 9.90. The number of amidine groups is 1. The average Bonchev–Trinajstić information content (AvgIpc) is 3.62. The second-order valence-corrected chi connectivity index (χ2v) is 11.2. The van der Waals surface area contributed by atoms with Gasteiger partial charge in [-0.25, -0.2) is 9.67 Å². The van der Waals surface area contributed by atoms with Crippen LogP contribution >= 0.6 is 24.0 Å². The molecule has 5 rings (SSSR count). The Morgan fingerprint density at radius 3 is 2.45 bits per heavy atom. The maximum Gasteiger partial charge on any atom is 0.573 e. The third-order valence-electron chi connectivity index (χ3n) is 6.55. The number of anilines is 1. The molecule has 0 aliphatic carbocycles. The number of thiocarbonyl (C=S) groups is 1. The van der Waals surface area contributed by atoms with Crippen LogP contribution in [0.1, 0.15) is 30.9 Å². The van der Waals surface area contributed by atoms with Gasteiger partial charge < -0.3 is 14.8 Å². The minimum absolute atomic E-state index is 0.0779. The molecule has 1 aliphatic heterocycles. The molecule has 14 heteroatoms. The molecule has 0 atom stereocenters.